The molecular weight excluding hydrogens is 261 g/mol. The first-order valence-electron chi connectivity index (χ1n) is 1.69. The third-order valence-electron chi connectivity index (χ3n) is 0.513. The van der Waals surface area contributed by atoms with Gasteiger partial charge in [0.05, 0.1) is 11.9 Å². The number of hydrogen-bond donors (Lipinski definition) is 0. The molecule has 8 heteroatoms. The van der Waals surface area contributed by atoms with Gasteiger partial charge in [-0.05, 0) is 0 Å². The molecule has 0 aromatic heterocycles. The summed E-state index contributed by atoms with van der Waals surface area (Å²) in [5.74, 6) is -3.91. The van der Waals surface area contributed by atoms with E-state index in [1.165, 1.54) is 0 Å². The van der Waals surface area contributed by atoms with Gasteiger partial charge in [0, 0.05) is 0 Å². The van der Waals surface area contributed by atoms with Gasteiger partial charge in [0.25, 0.3) is 0 Å². The van der Waals surface area contributed by atoms with Gasteiger partial charge in [0.2, 0.25) is 0 Å². The monoisotopic (exact) mass is 260 g/mol. The number of carboxylic acid groups (broad SMARTS) is 2. The first-order chi connectivity index (χ1) is 3.89. The SMILES string of the molecule is O=C([O-])C(Cl)(Br)C(=O)[O-].[Na+].[Na+]. The van der Waals surface area contributed by atoms with E-state index >= 15 is 0 Å². The van der Waals surface area contributed by atoms with Crippen LogP contribution in [-0.4, -0.2) is 15.7 Å². The zero-order valence-electron chi connectivity index (χ0n) is 5.89. The molecule has 0 amide bonds. The largest absolute Gasteiger partial charge is 1.00 e. The summed E-state index contributed by atoms with van der Waals surface area (Å²) in [7, 11) is 0. The Morgan fingerprint density at radius 2 is 1.36 bits per heavy atom. The average Bonchev–Trinajstić information content (AvgIpc) is 1.65. The van der Waals surface area contributed by atoms with Gasteiger partial charge < -0.3 is 19.8 Å². The summed E-state index contributed by atoms with van der Waals surface area (Å²) in [5, 5.41) is 19.5. The molecule has 0 aliphatic heterocycles. The Hall–Kier alpha value is 1.71. The van der Waals surface area contributed by atoms with Crippen molar-refractivity contribution in [3.63, 3.8) is 0 Å². The predicted octanol–water partition coefficient (Wildman–Crippen LogP) is -8.18. The molecule has 0 rings (SSSR count). The van der Waals surface area contributed by atoms with E-state index in [2.05, 4.69) is 15.9 Å². The minimum absolute atomic E-state index is 0. The van der Waals surface area contributed by atoms with Crippen LogP contribution in [0.4, 0.5) is 0 Å². The van der Waals surface area contributed by atoms with E-state index in [-0.39, 0.29) is 59.1 Å². The summed E-state index contributed by atoms with van der Waals surface area (Å²) >= 11 is 6.95. The standard InChI is InChI=1S/C3H2BrClO4.2Na/c4-3(5,1(6)7)2(8)9;;/h(H,6,7)(H,8,9);;/q;2*+1/p-2. The second-order valence-corrected chi connectivity index (χ2v) is 3.36. The van der Waals surface area contributed by atoms with E-state index in [1.54, 1.807) is 0 Å². The number of alkyl halides is 2. The molecule has 0 aliphatic rings. The molecule has 11 heavy (non-hydrogen) atoms. The third kappa shape index (κ3) is 5.87. The van der Waals surface area contributed by atoms with Crippen LogP contribution in [0.25, 0.3) is 0 Å². The maximum Gasteiger partial charge on any atom is 1.00 e. The van der Waals surface area contributed by atoms with Crippen LogP contribution in [0.2, 0.25) is 0 Å². The van der Waals surface area contributed by atoms with Crippen LogP contribution in [0.5, 0.6) is 0 Å². The molecule has 0 saturated carbocycles. The Labute approximate surface area is 120 Å². The van der Waals surface area contributed by atoms with E-state index < -0.39 is 15.7 Å². The van der Waals surface area contributed by atoms with Gasteiger partial charge in [-0.15, -0.1) is 0 Å². The van der Waals surface area contributed by atoms with Crippen LogP contribution in [-0.2, 0) is 9.59 Å². The maximum absolute atomic E-state index is 9.75. The molecule has 0 aliphatic carbocycles. The fourth-order valence-corrected chi connectivity index (χ4v) is 0.0833. The predicted molar refractivity (Wildman–Crippen MR) is 27.5 cm³/mol. The summed E-state index contributed by atoms with van der Waals surface area (Å²) in [6, 6.07) is 0. The minimum Gasteiger partial charge on any atom is -0.547 e. The number of carbonyl (C=O) groups excluding carboxylic acids is 2. The summed E-state index contributed by atoms with van der Waals surface area (Å²) in [5.41, 5.74) is 0. The van der Waals surface area contributed by atoms with Crippen LogP contribution >= 0.6 is 27.5 Å². The second-order valence-electron chi connectivity index (χ2n) is 1.15. The van der Waals surface area contributed by atoms with Crippen LogP contribution in [0, 0.1) is 0 Å². The summed E-state index contributed by atoms with van der Waals surface area (Å²) in [4.78, 5) is 19.5. The van der Waals surface area contributed by atoms with Gasteiger partial charge in [-0.2, -0.15) is 0 Å². The second kappa shape index (κ2) is 7.15. The fraction of sp³-hybridized carbons (Fsp3) is 0.333. The van der Waals surface area contributed by atoms with E-state index in [0.717, 1.165) is 0 Å². The van der Waals surface area contributed by atoms with Gasteiger partial charge in [0.1, 0.15) is 0 Å². The molecule has 0 spiro atoms. The molecule has 52 valence electrons. The number of hydrogen-bond acceptors (Lipinski definition) is 4. The van der Waals surface area contributed by atoms with Gasteiger partial charge in [-0.3, -0.25) is 0 Å². The number of halogens is 2. The summed E-state index contributed by atoms with van der Waals surface area (Å²) in [6.07, 6.45) is 0. The van der Waals surface area contributed by atoms with E-state index in [1.807, 2.05) is 0 Å². The van der Waals surface area contributed by atoms with Crippen LogP contribution in [0.15, 0.2) is 0 Å². The molecule has 0 fully saturated rings. The Kier molecular flexibility index (Phi) is 12.0. The molecule has 0 heterocycles. The van der Waals surface area contributed by atoms with E-state index in [0.29, 0.717) is 0 Å². The van der Waals surface area contributed by atoms with Crippen molar-refractivity contribution in [2.24, 2.45) is 0 Å². The van der Waals surface area contributed by atoms with Crippen molar-refractivity contribution >= 4 is 39.5 Å². The summed E-state index contributed by atoms with van der Waals surface area (Å²) in [6.45, 7) is 0. The number of aliphatic carboxylic acids is 2. The molecule has 0 radical (unpaired) electrons. The number of carboxylic acids is 2. The van der Waals surface area contributed by atoms with E-state index in [4.69, 9.17) is 11.6 Å². The van der Waals surface area contributed by atoms with Crippen molar-refractivity contribution in [2.75, 3.05) is 0 Å². The fourth-order valence-electron chi connectivity index (χ4n) is 0.0833. The van der Waals surface area contributed by atoms with Crippen molar-refractivity contribution in [3.8, 4) is 0 Å². The Balaban J connectivity index is -0.000000320. The Morgan fingerprint density at radius 3 is 1.36 bits per heavy atom. The quantitative estimate of drug-likeness (QED) is 0.281. The van der Waals surface area contributed by atoms with Gasteiger partial charge in [0.15, 0.2) is 3.78 Å². The number of carbonyl (C=O) groups is 2. The molecule has 0 aromatic rings. The number of rotatable bonds is 2. The summed E-state index contributed by atoms with van der Waals surface area (Å²) < 4.78 is -2.60. The Morgan fingerprint density at radius 1 is 1.18 bits per heavy atom. The van der Waals surface area contributed by atoms with Crippen LogP contribution in [0.1, 0.15) is 0 Å². The molecule has 0 unspecified atom stereocenters. The van der Waals surface area contributed by atoms with Gasteiger partial charge in [-0.25, -0.2) is 0 Å². The van der Waals surface area contributed by atoms with Crippen LogP contribution < -0.4 is 69.3 Å². The molecule has 0 atom stereocenters. The van der Waals surface area contributed by atoms with E-state index in [9.17, 15) is 19.8 Å². The molecule has 4 nitrogen and oxygen atoms in total. The minimum atomic E-state index is -2.60. The molecule has 0 N–H and O–H groups in total. The molecule has 0 aromatic carbocycles. The third-order valence-corrected chi connectivity index (χ3v) is 1.47. The average molecular weight is 261 g/mol. The first-order valence-corrected chi connectivity index (χ1v) is 2.87. The van der Waals surface area contributed by atoms with Crippen LogP contribution in [0.3, 0.4) is 0 Å². The van der Waals surface area contributed by atoms with Crippen molar-refractivity contribution in [1.29, 1.82) is 0 Å². The van der Waals surface area contributed by atoms with Crippen molar-refractivity contribution in [1.82, 2.24) is 0 Å². The molecule has 0 saturated heterocycles. The smallest absolute Gasteiger partial charge is 0.547 e. The topological polar surface area (TPSA) is 80.3 Å². The van der Waals surface area contributed by atoms with Gasteiger partial charge >= 0.3 is 59.1 Å². The van der Waals surface area contributed by atoms with Crippen molar-refractivity contribution < 1.29 is 78.9 Å². The normalized spacial score (nSPS) is 8.91. The van der Waals surface area contributed by atoms with Gasteiger partial charge in [-0.1, -0.05) is 27.5 Å². The molecule has 0 bridgehead atoms. The van der Waals surface area contributed by atoms with Crippen molar-refractivity contribution in [2.45, 2.75) is 3.78 Å². The first kappa shape index (κ1) is 18.5. The Bertz CT molecular complexity index is 145. The maximum atomic E-state index is 9.75. The zero-order chi connectivity index (χ0) is 7.65. The van der Waals surface area contributed by atoms with Crippen molar-refractivity contribution in [3.05, 3.63) is 0 Å². The molecular formula is C3BrClNa2O4. The zero-order valence-corrected chi connectivity index (χ0v) is 12.2.